The SMILES string of the molecule is O=C(C[C@@H](c1ccc(F)cc1)n1cccc1)NCc1ccc2c(c1)OCO2. The van der Waals surface area contributed by atoms with Gasteiger partial charge in [0, 0.05) is 18.9 Å². The molecule has 0 fully saturated rings. The Morgan fingerprint density at radius 1 is 1.07 bits per heavy atom. The van der Waals surface area contributed by atoms with Gasteiger partial charge in [-0.25, -0.2) is 4.39 Å². The summed E-state index contributed by atoms with van der Waals surface area (Å²) in [6.07, 6.45) is 4.06. The number of hydrogen-bond donors (Lipinski definition) is 1. The number of halogens is 1. The molecule has 3 aromatic rings. The van der Waals surface area contributed by atoms with Gasteiger partial charge in [0.25, 0.3) is 0 Å². The normalized spacial score (nSPS) is 13.4. The van der Waals surface area contributed by atoms with E-state index < -0.39 is 0 Å². The monoisotopic (exact) mass is 366 g/mol. The van der Waals surface area contributed by atoms with Crippen molar-refractivity contribution in [1.82, 2.24) is 9.88 Å². The van der Waals surface area contributed by atoms with E-state index in [1.54, 1.807) is 12.1 Å². The standard InChI is InChI=1S/C21H19FN2O3/c22-17-6-4-16(5-7-17)18(24-9-1-2-10-24)12-21(25)23-13-15-3-8-19-20(11-15)27-14-26-19/h1-11,18H,12-14H2,(H,23,25)/t18-/m0/s1. The molecule has 1 amide bonds. The Morgan fingerprint density at radius 2 is 1.81 bits per heavy atom. The van der Waals surface area contributed by atoms with Crippen LogP contribution in [0.5, 0.6) is 11.5 Å². The first kappa shape index (κ1) is 17.1. The number of benzene rings is 2. The van der Waals surface area contributed by atoms with E-state index in [0.717, 1.165) is 11.1 Å². The van der Waals surface area contributed by atoms with Crippen molar-refractivity contribution in [1.29, 1.82) is 0 Å². The fourth-order valence-corrected chi connectivity index (χ4v) is 3.14. The third-order valence-corrected chi connectivity index (χ3v) is 4.55. The quantitative estimate of drug-likeness (QED) is 0.725. The van der Waals surface area contributed by atoms with Crippen molar-refractivity contribution in [3.8, 4) is 11.5 Å². The lowest BCUT2D eigenvalue weighted by Crippen LogP contribution is -2.26. The van der Waals surface area contributed by atoms with Crippen LogP contribution < -0.4 is 14.8 Å². The average Bonchev–Trinajstić information content (AvgIpc) is 3.36. The van der Waals surface area contributed by atoms with Gasteiger partial charge in [0.2, 0.25) is 12.7 Å². The third kappa shape index (κ3) is 3.95. The molecule has 0 radical (unpaired) electrons. The van der Waals surface area contributed by atoms with Crippen molar-refractivity contribution >= 4 is 5.91 Å². The molecule has 1 atom stereocenters. The van der Waals surface area contributed by atoms with Gasteiger partial charge in [0.05, 0.1) is 12.5 Å². The predicted molar refractivity (Wildman–Crippen MR) is 98.0 cm³/mol. The molecule has 0 spiro atoms. The predicted octanol–water partition coefficient (Wildman–Crippen LogP) is 3.65. The van der Waals surface area contributed by atoms with Gasteiger partial charge in [-0.15, -0.1) is 0 Å². The number of fused-ring (bicyclic) bond motifs is 1. The maximum Gasteiger partial charge on any atom is 0.231 e. The van der Waals surface area contributed by atoms with Crippen molar-refractivity contribution in [3.63, 3.8) is 0 Å². The first-order chi connectivity index (χ1) is 13.2. The van der Waals surface area contributed by atoms with Crippen LogP contribution in [0.3, 0.4) is 0 Å². The Morgan fingerprint density at radius 3 is 2.59 bits per heavy atom. The van der Waals surface area contributed by atoms with E-state index in [-0.39, 0.29) is 31.0 Å². The summed E-state index contributed by atoms with van der Waals surface area (Å²) in [5.74, 6) is 1.03. The number of aromatic nitrogens is 1. The number of nitrogens with zero attached hydrogens (tertiary/aromatic N) is 1. The van der Waals surface area contributed by atoms with Crippen molar-refractivity contribution in [2.45, 2.75) is 19.0 Å². The van der Waals surface area contributed by atoms with Crippen molar-refractivity contribution in [3.05, 3.63) is 83.9 Å². The summed E-state index contributed by atoms with van der Waals surface area (Å²) in [6, 6.07) is 15.5. The van der Waals surface area contributed by atoms with Crippen LogP contribution in [0.4, 0.5) is 4.39 Å². The summed E-state index contributed by atoms with van der Waals surface area (Å²) >= 11 is 0. The molecule has 0 unspecified atom stereocenters. The number of amides is 1. The summed E-state index contributed by atoms with van der Waals surface area (Å²) < 4.78 is 25.9. The second-order valence-corrected chi connectivity index (χ2v) is 6.37. The average molecular weight is 366 g/mol. The highest BCUT2D eigenvalue weighted by atomic mass is 19.1. The minimum absolute atomic E-state index is 0.0873. The largest absolute Gasteiger partial charge is 0.454 e. The maximum absolute atomic E-state index is 13.3. The number of rotatable bonds is 6. The highest BCUT2D eigenvalue weighted by Crippen LogP contribution is 2.32. The van der Waals surface area contributed by atoms with Crippen molar-refractivity contribution in [2.75, 3.05) is 6.79 Å². The lowest BCUT2D eigenvalue weighted by Gasteiger charge is -2.19. The summed E-state index contributed by atoms with van der Waals surface area (Å²) in [5.41, 5.74) is 1.82. The van der Waals surface area contributed by atoms with Crippen LogP contribution in [0, 0.1) is 5.82 Å². The molecule has 27 heavy (non-hydrogen) atoms. The van der Waals surface area contributed by atoms with Crippen LogP contribution >= 0.6 is 0 Å². The minimum atomic E-state index is -0.294. The van der Waals surface area contributed by atoms with Crippen LogP contribution in [-0.4, -0.2) is 17.3 Å². The van der Waals surface area contributed by atoms with Crippen molar-refractivity contribution < 1.29 is 18.7 Å². The summed E-state index contributed by atoms with van der Waals surface area (Å²) in [5, 5.41) is 2.94. The Kier molecular flexibility index (Phi) is 4.78. The lowest BCUT2D eigenvalue weighted by molar-refractivity contribution is -0.121. The van der Waals surface area contributed by atoms with Gasteiger partial charge < -0.3 is 19.4 Å². The smallest absolute Gasteiger partial charge is 0.231 e. The molecular weight excluding hydrogens is 347 g/mol. The van der Waals surface area contributed by atoms with Crippen LogP contribution in [0.2, 0.25) is 0 Å². The van der Waals surface area contributed by atoms with E-state index in [2.05, 4.69) is 5.32 Å². The Bertz CT molecular complexity index is 923. The van der Waals surface area contributed by atoms with Crippen LogP contribution in [-0.2, 0) is 11.3 Å². The van der Waals surface area contributed by atoms with E-state index in [9.17, 15) is 9.18 Å². The van der Waals surface area contributed by atoms with Crippen LogP contribution in [0.15, 0.2) is 67.0 Å². The second-order valence-electron chi connectivity index (χ2n) is 6.37. The fraction of sp³-hybridized carbons (Fsp3) is 0.190. The summed E-state index contributed by atoms with van der Waals surface area (Å²) in [7, 11) is 0. The Balaban J connectivity index is 1.43. The van der Waals surface area contributed by atoms with E-state index in [1.807, 2.05) is 47.3 Å². The molecule has 0 saturated carbocycles. The van der Waals surface area contributed by atoms with E-state index in [4.69, 9.17) is 9.47 Å². The molecule has 0 bridgehead atoms. The third-order valence-electron chi connectivity index (χ3n) is 4.55. The number of carbonyl (C=O) groups excluding carboxylic acids is 1. The van der Waals surface area contributed by atoms with Gasteiger partial charge in [-0.1, -0.05) is 18.2 Å². The topological polar surface area (TPSA) is 52.5 Å². The number of carbonyl (C=O) groups is 1. The van der Waals surface area contributed by atoms with Crippen LogP contribution in [0.25, 0.3) is 0 Å². The van der Waals surface area contributed by atoms with Crippen LogP contribution in [0.1, 0.15) is 23.6 Å². The van der Waals surface area contributed by atoms with Gasteiger partial charge in [0.1, 0.15) is 5.82 Å². The molecule has 2 heterocycles. The first-order valence-electron chi connectivity index (χ1n) is 8.72. The van der Waals surface area contributed by atoms with E-state index in [0.29, 0.717) is 18.0 Å². The fourth-order valence-electron chi connectivity index (χ4n) is 3.14. The van der Waals surface area contributed by atoms with E-state index in [1.165, 1.54) is 12.1 Å². The lowest BCUT2D eigenvalue weighted by atomic mass is 10.0. The zero-order chi connectivity index (χ0) is 18.6. The van der Waals surface area contributed by atoms with Gasteiger partial charge in [-0.3, -0.25) is 4.79 Å². The van der Waals surface area contributed by atoms with Crippen molar-refractivity contribution in [2.24, 2.45) is 0 Å². The van der Waals surface area contributed by atoms with E-state index >= 15 is 0 Å². The molecule has 138 valence electrons. The highest BCUT2D eigenvalue weighted by Gasteiger charge is 2.18. The Labute approximate surface area is 156 Å². The molecule has 5 nitrogen and oxygen atoms in total. The minimum Gasteiger partial charge on any atom is -0.454 e. The Hall–Kier alpha value is -3.28. The maximum atomic E-state index is 13.3. The zero-order valence-electron chi connectivity index (χ0n) is 14.6. The zero-order valence-corrected chi connectivity index (χ0v) is 14.6. The molecule has 1 N–H and O–H groups in total. The molecule has 4 rings (SSSR count). The molecule has 2 aromatic carbocycles. The molecule has 0 saturated heterocycles. The molecule has 1 aliphatic rings. The molecule has 6 heteroatoms. The molecular formula is C21H19FN2O3. The molecule has 1 aliphatic heterocycles. The second kappa shape index (κ2) is 7.53. The first-order valence-corrected chi connectivity index (χ1v) is 8.72. The van der Waals surface area contributed by atoms with Gasteiger partial charge >= 0.3 is 0 Å². The van der Waals surface area contributed by atoms with Gasteiger partial charge in [0.15, 0.2) is 11.5 Å². The molecule has 1 aromatic heterocycles. The summed E-state index contributed by atoms with van der Waals surface area (Å²) in [4.78, 5) is 12.5. The highest BCUT2D eigenvalue weighted by molar-refractivity contribution is 5.77. The molecule has 0 aliphatic carbocycles. The number of hydrogen-bond acceptors (Lipinski definition) is 3. The van der Waals surface area contributed by atoms with Gasteiger partial charge in [-0.2, -0.15) is 0 Å². The summed E-state index contributed by atoms with van der Waals surface area (Å²) in [6.45, 7) is 0.624. The van der Waals surface area contributed by atoms with Gasteiger partial charge in [-0.05, 0) is 47.5 Å². The number of nitrogens with one attached hydrogen (secondary N) is 1. The number of ether oxygens (including phenoxy) is 2.